The molecule has 116 valence electrons. The minimum Gasteiger partial charge on any atom is -0.322 e. The lowest BCUT2D eigenvalue weighted by Crippen LogP contribution is -2.13. The number of nitrogens with one attached hydrogen (secondary N) is 2. The second-order valence-electron chi connectivity index (χ2n) is 4.64. The minimum atomic E-state index is -0.255. The van der Waals surface area contributed by atoms with Crippen LogP contribution in [0.5, 0.6) is 0 Å². The number of pyridine rings is 1. The van der Waals surface area contributed by atoms with Gasteiger partial charge in [0.2, 0.25) is 5.91 Å². The highest BCUT2D eigenvalue weighted by Crippen LogP contribution is 2.13. The van der Waals surface area contributed by atoms with E-state index in [1.54, 1.807) is 60.9 Å². The highest BCUT2D eigenvalue weighted by Gasteiger charge is 2.07. The van der Waals surface area contributed by atoms with Crippen LogP contribution in [0.3, 0.4) is 0 Å². The third kappa shape index (κ3) is 5.24. The van der Waals surface area contributed by atoms with Crippen molar-refractivity contribution in [1.82, 2.24) is 4.98 Å². The third-order valence-corrected chi connectivity index (χ3v) is 2.88. The molecule has 1 heterocycles. The smallest absolute Gasteiger partial charge is 0.255 e. The molecule has 0 saturated carbocycles. The molecule has 0 unspecified atom stereocenters. The molecule has 0 atom stereocenters. The zero-order valence-corrected chi connectivity index (χ0v) is 12.7. The highest BCUT2D eigenvalue weighted by atomic mass is 16.2. The second kappa shape index (κ2) is 8.29. The summed E-state index contributed by atoms with van der Waals surface area (Å²) in [6, 6.07) is 10.2. The van der Waals surface area contributed by atoms with Crippen LogP contribution in [0.1, 0.15) is 17.3 Å². The monoisotopic (exact) mass is 307 g/mol. The molecule has 0 spiro atoms. The van der Waals surface area contributed by atoms with E-state index in [9.17, 15) is 9.59 Å². The van der Waals surface area contributed by atoms with Crippen molar-refractivity contribution in [3.8, 4) is 0 Å². The van der Waals surface area contributed by atoms with Gasteiger partial charge in [-0.15, -0.1) is 0 Å². The maximum absolute atomic E-state index is 12.2. The molecule has 2 rings (SSSR count). The van der Waals surface area contributed by atoms with Crippen LogP contribution < -0.4 is 10.6 Å². The van der Waals surface area contributed by atoms with Crippen molar-refractivity contribution in [3.05, 3.63) is 78.7 Å². The highest BCUT2D eigenvalue weighted by molar-refractivity contribution is 6.06. The van der Waals surface area contributed by atoms with E-state index in [-0.39, 0.29) is 11.8 Å². The lowest BCUT2D eigenvalue weighted by atomic mass is 10.2. The summed E-state index contributed by atoms with van der Waals surface area (Å²) in [6.45, 7) is 1.87. The molecule has 0 aliphatic carbocycles. The van der Waals surface area contributed by atoms with Gasteiger partial charge in [-0.05, 0) is 37.3 Å². The molecule has 0 aliphatic rings. The largest absolute Gasteiger partial charge is 0.322 e. The van der Waals surface area contributed by atoms with E-state index in [2.05, 4.69) is 15.6 Å². The standard InChI is InChI=1S/C18H17N3O2/c1-2-3-4-8-17(22)20-16-7-5-6-14(13-16)18(23)21-15-9-11-19-12-10-15/h2-13H,1H3,(H,20,22)(H,19,21,23)/b3-2+,8-4+. The molecule has 1 aromatic carbocycles. The Labute approximate surface area is 134 Å². The van der Waals surface area contributed by atoms with Gasteiger partial charge in [-0.1, -0.05) is 24.3 Å². The first-order valence-corrected chi connectivity index (χ1v) is 7.11. The fraction of sp³-hybridized carbons (Fsp3) is 0.0556. The summed E-state index contributed by atoms with van der Waals surface area (Å²) in [6.07, 6.45) is 9.86. The van der Waals surface area contributed by atoms with Crippen molar-refractivity contribution in [1.29, 1.82) is 0 Å². The van der Waals surface area contributed by atoms with E-state index < -0.39 is 0 Å². The van der Waals surface area contributed by atoms with Crippen LogP contribution in [0.2, 0.25) is 0 Å². The van der Waals surface area contributed by atoms with Gasteiger partial charge in [-0.25, -0.2) is 0 Å². The maximum Gasteiger partial charge on any atom is 0.255 e. The Morgan fingerprint density at radius 1 is 1.00 bits per heavy atom. The van der Waals surface area contributed by atoms with Gasteiger partial charge in [0.15, 0.2) is 0 Å². The summed E-state index contributed by atoms with van der Waals surface area (Å²) in [5.41, 5.74) is 1.67. The zero-order chi connectivity index (χ0) is 16.5. The average Bonchev–Trinajstić information content (AvgIpc) is 2.56. The number of hydrogen-bond acceptors (Lipinski definition) is 3. The van der Waals surface area contributed by atoms with Gasteiger partial charge in [0.25, 0.3) is 5.91 Å². The lowest BCUT2D eigenvalue weighted by Gasteiger charge is -2.07. The Kier molecular flexibility index (Phi) is 5.82. The zero-order valence-electron chi connectivity index (χ0n) is 12.7. The molecular weight excluding hydrogens is 290 g/mol. The van der Waals surface area contributed by atoms with E-state index in [0.717, 1.165) is 0 Å². The number of amides is 2. The van der Waals surface area contributed by atoms with Crippen LogP contribution >= 0.6 is 0 Å². The average molecular weight is 307 g/mol. The fourth-order valence-electron chi connectivity index (χ4n) is 1.81. The van der Waals surface area contributed by atoms with Gasteiger partial charge in [-0.3, -0.25) is 14.6 Å². The molecule has 1 aromatic heterocycles. The normalized spacial score (nSPS) is 10.8. The van der Waals surface area contributed by atoms with Crippen molar-refractivity contribution in [2.75, 3.05) is 10.6 Å². The molecule has 0 saturated heterocycles. The van der Waals surface area contributed by atoms with Gasteiger partial charge in [0, 0.05) is 35.4 Å². The summed E-state index contributed by atoms with van der Waals surface area (Å²) in [4.78, 5) is 27.8. The number of hydrogen-bond donors (Lipinski definition) is 2. The van der Waals surface area contributed by atoms with Crippen LogP contribution in [-0.4, -0.2) is 16.8 Å². The van der Waals surface area contributed by atoms with Crippen molar-refractivity contribution in [2.45, 2.75) is 6.92 Å². The predicted molar refractivity (Wildman–Crippen MR) is 91.2 cm³/mol. The summed E-state index contributed by atoms with van der Waals surface area (Å²) in [5, 5.41) is 5.48. The summed E-state index contributed by atoms with van der Waals surface area (Å²) >= 11 is 0. The number of nitrogens with zero attached hydrogens (tertiary/aromatic N) is 1. The fourth-order valence-corrected chi connectivity index (χ4v) is 1.81. The number of allylic oxidation sites excluding steroid dienone is 3. The van der Waals surface area contributed by atoms with Gasteiger partial charge in [-0.2, -0.15) is 0 Å². The van der Waals surface area contributed by atoms with E-state index in [0.29, 0.717) is 16.9 Å². The SMILES string of the molecule is C/C=C/C=C/C(=O)Nc1cccc(C(=O)Nc2ccncc2)c1. The first-order valence-electron chi connectivity index (χ1n) is 7.11. The summed E-state index contributed by atoms with van der Waals surface area (Å²) in [7, 11) is 0. The van der Waals surface area contributed by atoms with Crippen LogP contribution in [0, 0.1) is 0 Å². The Hall–Kier alpha value is -3.21. The molecule has 2 N–H and O–H groups in total. The number of aromatic nitrogens is 1. The molecule has 2 aromatic rings. The topological polar surface area (TPSA) is 71.1 Å². The van der Waals surface area contributed by atoms with Crippen LogP contribution in [0.15, 0.2) is 73.1 Å². The third-order valence-electron chi connectivity index (χ3n) is 2.88. The van der Waals surface area contributed by atoms with Gasteiger partial charge >= 0.3 is 0 Å². The second-order valence-corrected chi connectivity index (χ2v) is 4.64. The quantitative estimate of drug-likeness (QED) is 0.657. The van der Waals surface area contributed by atoms with E-state index in [4.69, 9.17) is 0 Å². The summed E-state index contributed by atoms with van der Waals surface area (Å²) in [5.74, 6) is -0.508. The van der Waals surface area contributed by atoms with E-state index in [1.807, 2.05) is 13.0 Å². The molecule has 0 fully saturated rings. The number of benzene rings is 1. The Morgan fingerprint density at radius 2 is 1.78 bits per heavy atom. The Bertz CT molecular complexity index is 737. The van der Waals surface area contributed by atoms with Crippen LogP contribution in [0.4, 0.5) is 11.4 Å². The molecule has 0 radical (unpaired) electrons. The van der Waals surface area contributed by atoms with Crippen molar-refractivity contribution >= 4 is 23.2 Å². The minimum absolute atomic E-state index is 0.253. The van der Waals surface area contributed by atoms with Crippen molar-refractivity contribution < 1.29 is 9.59 Å². The Morgan fingerprint density at radius 3 is 2.52 bits per heavy atom. The van der Waals surface area contributed by atoms with Crippen molar-refractivity contribution in [2.24, 2.45) is 0 Å². The molecular formula is C18H17N3O2. The van der Waals surface area contributed by atoms with Crippen molar-refractivity contribution in [3.63, 3.8) is 0 Å². The van der Waals surface area contributed by atoms with Crippen LogP contribution in [0.25, 0.3) is 0 Å². The molecule has 2 amide bonds. The number of carbonyl (C=O) groups is 2. The maximum atomic E-state index is 12.2. The first-order chi connectivity index (χ1) is 11.2. The number of rotatable bonds is 5. The van der Waals surface area contributed by atoms with Gasteiger partial charge in [0.1, 0.15) is 0 Å². The van der Waals surface area contributed by atoms with Gasteiger partial charge < -0.3 is 10.6 Å². The van der Waals surface area contributed by atoms with Crippen LogP contribution in [-0.2, 0) is 4.79 Å². The van der Waals surface area contributed by atoms with Gasteiger partial charge in [0.05, 0.1) is 0 Å². The Balaban J connectivity index is 2.04. The summed E-state index contributed by atoms with van der Waals surface area (Å²) < 4.78 is 0. The lowest BCUT2D eigenvalue weighted by molar-refractivity contribution is -0.111. The predicted octanol–water partition coefficient (Wildman–Crippen LogP) is 3.40. The molecule has 0 bridgehead atoms. The number of anilines is 2. The molecule has 23 heavy (non-hydrogen) atoms. The molecule has 5 nitrogen and oxygen atoms in total. The molecule has 5 heteroatoms. The van der Waals surface area contributed by atoms with E-state index in [1.165, 1.54) is 6.08 Å². The number of carbonyl (C=O) groups excluding carboxylic acids is 2. The first kappa shape index (κ1) is 16.2. The molecule has 0 aliphatic heterocycles. The van der Waals surface area contributed by atoms with E-state index >= 15 is 0 Å².